The van der Waals surface area contributed by atoms with Crippen LogP contribution in [-0.4, -0.2) is 19.0 Å². The first-order valence-corrected chi connectivity index (χ1v) is 5.19. The van der Waals surface area contributed by atoms with E-state index in [4.69, 9.17) is 10.2 Å². The van der Waals surface area contributed by atoms with Crippen LogP contribution in [0.4, 0.5) is 8.78 Å². The average molecular weight is 269 g/mol. The predicted molar refractivity (Wildman–Crippen MR) is 61.0 cm³/mol. The van der Waals surface area contributed by atoms with E-state index in [1.807, 2.05) is 0 Å². The molecule has 2 aromatic rings. The number of fused-ring (bicyclic) bond motifs is 1. The van der Waals surface area contributed by atoms with Crippen LogP contribution < -0.4 is 5.73 Å². The summed E-state index contributed by atoms with van der Waals surface area (Å²) in [5.41, 5.74) is 4.29. The van der Waals surface area contributed by atoms with Crippen molar-refractivity contribution < 1.29 is 27.5 Å². The summed E-state index contributed by atoms with van der Waals surface area (Å²) >= 11 is 0. The molecule has 100 valence electrons. The number of ether oxygens (including phenoxy) is 1. The fourth-order valence-corrected chi connectivity index (χ4v) is 1.83. The minimum Gasteiger partial charge on any atom is -0.463 e. The zero-order chi connectivity index (χ0) is 14.2. The van der Waals surface area contributed by atoms with E-state index in [0.717, 1.165) is 7.11 Å². The molecule has 19 heavy (non-hydrogen) atoms. The molecule has 0 saturated carbocycles. The molecule has 1 heterocycles. The van der Waals surface area contributed by atoms with Gasteiger partial charge >= 0.3 is 5.97 Å². The first kappa shape index (κ1) is 13.0. The van der Waals surface area contributed by atoms with Gasteiger partial charge in [0.05, 0.1) is 18.2 Å². The molecule has 0 aliphatic carbocycles. The Balaban J connectivity index is 2.87. The van der Waals surface area contributed by atoms with Gasteiger partial charge in [-0.1, -0.05) is 6.07 Å². The maximum atomic E-state index is 13.1. The van der Waals surface area contributed by atoms with Gasteiger partial charge in [0.15, 0.2) is 0 Å². The van der Waals surface area contributed by atoms with Gasteiger partial charge in [0.25, 0.3) is 6.43 Å². The number of benzene rings is 1. The lowest BCUT2D eigenvalue weighted by Gasteiger charge is -2.02. The topological polar surface area (TPSA) is 82.5 Å². The Hall–Kier alpha value is -2.44. The van der Waals surface area contributed by atoms with Crippen LogP contribution in [0.5, 0.6) is 0 Å². The number of hydrogen-bond acceptors (Lipinski definition) is 4. The molecule has 7 heteroatoms. The summed E-state index contributed by atoms with van der Waals surface area (Å²) in [6.07, 6.45) is -3.00. The second kappa shape index (κ2) is 4.68. The van der Waals surface area contributed by atoms with Crippen LogP contribution in [0, 0.1) is 0 Å². The molecular formula is C12H9F2NO4. The van der Waals surface area contributed by atoms with Crippen molar-refractivity contribution in [1.82, 2.24) is 0 Å². The third-order valence-corrected chi connectivity index (χ3v) is 2.61. The summed E-state index contributed by atoms with van der Waals surface area (Å²) in [7, 11) is 1.04. The van der Waals surface area contributed by atoms with Crippen LogP contribution in [-0.2, 0) is 4.74 Å². The summed E-state index contributed by atoms with van der Waals surface area (Å²) in [4.78, 5) is 22.7. The molecule has 2 N–H and O–H groups in total. The number of esters is 1. The first-order chi connectivity index (χ1) is 8.97. The predicted octanol–water partition coefficient (Wildman–Crippen LogP) is 2.26. The van der Waals surface area contributed by atoms with Crippen LogP contribution in [0.25, 0.3) is 11.0 Å². The zero-order valence-corrected chi connectivity index (χ0v) is 9.78. The number of hydrogen-bond donors (Lipinski definition) is 1. The Labute approximate surface area is 105 Å². The van der Waals surface area contributed by atoms with E-state index in [9.17, 15) is 18.4 Å². The highest BCUT2D eigenvalue weighted by Gasteiger charge is 2.29. The van der Waals surface area contributed by atoms with Crippen molar-refractivity contribution in [3.8, 4) is 0 Å². The lowest BCUT2D eigenvalue weighted by Crippen LogP contribution is -2.12. The van der Waals surface area contributed by atoms with Crippen LogP contribution >= 0.6 is 0 Å². The number of amides is 1. The van der Waals surface area contributed by atoms with Gasteiger partial charge < -0.3 is 14.9 Å². The van der Waals surface area contributed by atoms with Gasteiger partial charge in [0, 0.05) is 5.39 Å². The Bertz CT molecular complexity index is 663. The average Bonchev–Trinajstić information content (AvgIpc) is 2.76. The van der Waals surface area contributed by atoms with E-state index in [0.29, 0.717) is 0 Å². The van der Waals surface area contributed by atoms with Crippen molar-refractivity contribution in [3.63, 3.8) is 0 Å². The van der Waals surface area contributed by atoms with E-state index in [-0.39, 0.29) is 16.5 Å². The van der Waals surface area contributed by atoms with Gasteiger partial charge in [-0.25, -0.2) is 13.6 Å². The lowest BCUT2D eigenvalue weighted by atomic mass is 10.0. The highest BCUT2D eigenvalue weighted by atomic mass is 19.3. The van der Waals surface area contributed by atoms with Gasteiger partial charge in [-0.2, -0.15) is 0 Å². The summed E-state index contributed by atoms with van der Waals surface area (Å²) in [5.74, 6) is -2.55. The number of halogens is 2. The fraction of sp³-hybridized carbons (Fsp3) is 0.167. The summed E-state index contributed by atoms with van der Waals surface area (Å²) < 4.78 is 35.6. The van der Waals surface area contributed by atoms with Crippen molar-refractivity contribution in [2.45, 2.75) is 6.43 Å². The quantitative estimate of drug-likeness (QED) is 0.866. The van der Waals surface area contributed by atoms with E-state index in [1.165, 1.54) is 18.2 Å². The molecule has 0 unspecified atom stereocenters. The molecular weight excluding hydrogens is 260 g/mol. The normalized spacial score (nSPS) is 10.9. The summed E-state index contributed by atoms with van der Waals surface area (Å²) in [6, 6.07) is 4.06. The van der Waals surface area contributed by atoms with Crippen LogP contribution in [0.3, 0.4) is 0 Å². The molecule has 0 bridgehead atoms. The Kier molecular flexibility index (Phi) is 3.20. The number of rotatable bonds is 3. The number of carbonyl (C=O) groups excluding carboxylic acids is 2. The molecule has 2 rings (SSSR count). The van der Waals surface area contributed by atoms with Crippen LogP contribution in [0.2, 0.25) is 0 Å². The van der Waals surface area contributed by atoms with Crippen molar-refractivity contribution in [3.05, 3.63) is 35.1 Å². The standard InChI is InChI=1S/C12H9F2NO4/c1-18-12(17)9-8(10(13)14)7-5(11(15)16)3-2-4-6(7)19-9/h2-4,10H,1H3,(H2,15,16). The van der Waals surface area contributed by atoms with E-state index >= 15 is 0 Å². The number of alkyl halides is 2. The largest absolute Gasteiger partial charge is 0.463 e. The third kappa shape index (κ3) is 2.03. The molecule has 1 aromatic heterocycles. The van der Waals surface area contributed by atoms with Crippen molar-refractivity contribution in [2.24, 2.45) is 5.73 Å². The molecule has 0 fully saturated rings. The second-order valence-corrected chi connectivity index (χ2v) is 3.68. The minimum atomic E-state index is -3.00. The fourth-order valence-electron chi connectivity index (χ4n) is 1.83. The van der Waals surface area contributed by atoms with Crippen LogP contribution in [0.15, 0.2) is 22.6 Å². The third-order valence-electron chi connectivity index (χ3n) is 2.61. The van der Waals surface area contributed by atoms with E-state index < -0.39 is 29.6 Å². The van der Waals surface area contributed by atoms with Gasteiger partial charge in [0.2, 0.25) is 11.7 Å². The lowest BCUT2D eigenvalue weighted by molar-refractivity contribution is 0.0553. The van der Waals surface area contributed by atoms with Gasteiger partial charge in [-0.3, -0.25) is 4.79 Å². The van der Waals surface area contributed by atoms with Crippen LogP contribution in [0.1, 0.15) is 32.9 Å². The minimum absolute atomic E-state index is 0.0213. The highest BCUT2D eigenvalue weighted by molar-refractivity contribution is 6.09. The maximum absolute atomic E-state index is 13.1. The van der Waals surface area contributed by atoms with Crippen molar-refractivity contribution >= 4 is 22.8 Å². The summed E-state index contributed by atoms with van der Waals surface area (Å²) in [6.45, 7) is 0. The molecule has 1 aromatic carbocycles. The Morgan fingerprint density at radius 2 is 2.05 bits per heavy atom. The molecule has 0 aliphatic heterocycles. The van der Waals surface area contributed by atoms with Crippen molar-refractivity contribution in [1.29, 1.82) is 0 Å². The monoisotopic (exact) mass is 269 g/mol. The molecule has 1 amide bonds. The van der Waals surface area contributed by atoms with Gasteiger partial charge in [0.1, 0.15) is 5.58 Å². The number of carbonyl (C=O) groups is 2. The number of primary amides is 1. The molecule has 0 atom stereocenters. The molecule has 0 aliphatic rings. The number of furan rings is 1. The summed E-state index contributed by atoms with van der Waals surface area (Å²) in [5, 5.41) is -0.162. The van der Waals surface area contributed by atoms with E-state index in [1.54, 1.807) is 0 Å². The number of nitrogens with two attached hydrogens (primary N) is 1. The van der Waals surface area contributed by atoms with Gasteiger partial charge in [-0.05, 0) is 12.1 Å². The van der Waals surface area contributed by atoms with E-state index in [2.05, 4.69) is 4.74 Å². The molecule has 0 radical (unpaired) electrons. The van der Waals surface area contributed by atoms with Gasteiger partial charge in [-0.15, -0.1) is 0 Å². The molecule has 0 spiro atoms. The second-order valence-electron chi connectivity index (χ2n) is 3.68. The zero-order valence-electron chi connectivity index (χ0n) is 9.78. The number of methoxy groups -OCH3 is 1. The molecule has 5 nitrogen and oxygen atoms in total. The highest BCUT2D eigenvalue weighted by Crippen LogP contribution is 2.36. The SMILES string of the molecule is COC(=O)c1oc2cccc(C(N)=O)c2c1C(F)F. The Morgan fingerprint density at radius 3 is 2.58 bits per heavy atom. The first-order valence-electron chi connectivity index (χ1n) is 5.19. The maximum Gasteiger partial charge on any atom is 0.374 e. The molecule has 0 saturated heterocycles. The van der Waals surface area contributed by atoms with Crippen molar-refractivity contribution in [2.75, 3.05) is 7.11 Å². The Morgan fingerprint density at radius 1 is 1.37 bits per heavy atom. The smallest absolute Gasteiger partial charge is 0.374 e.